The Morgan fingerprint density at radius 3 is 2.42 bits per heavy atom. The van der Waals surface area contributed by atoms with Crippen LogP contribution in [0.25, 0.3) is 6.08 Å². The second-order valence-corrected chi connectivity index (χ2v) is 3.95. The van der Waals surface area contributed by atoms with E-state index < -0.39 is 4.92 Å². The van der Waals surface area contributed by atoms with Crippen LogP contribution in [0, 0.1) is 17.0 Å². The molecule has 5 heteroatoms. The van der Waals surface area contributed by atoms with Crippen molar-refractivity contribution >= 4 is 17.5 Å². The van der Waals surface area contributed by atoms with Gasteiger partial charge in [0.15, 0.2) is 5.78 Å². The van der Waals surface area contributed by atoms with E-state index in [0.29, 0.717) is 11.3 Å². The van der Waals surface area contributed by atoms with Gasteiger partial charge in [0.2, 0.25) is 0 Å². The minimum atomic E-state index is -0.504. The number of nitrogens with zero attached hydrogens (tertiary/aromatic N) is 1. The maximum absolute atomic E-state index is 11.8. The predicted octanol–water partition coefficient (Wildman–Crippen LogP) is 3.39. The fourth-order valence-corrected chi connectivity index (χ4v) is 1.54. The molecule has 0 amide bonds. The second-order valence-electron chi connectivity index (χ2n) is 3.95. The third kappa shape index (κ3) is 3.16. The van der Waals surface area contributed by atoms with Crippen LogP contribution < -0.4 is 0 Å². The van der Waals surface area contributed by atoms with Gasteiger partial charge in [-0.25, -0.2) is 0 Å². The van der Waals surface area contributed by atoms with Gasteiger partial charge in [-0.15, -0.1) is 0 Å². The molecular formula is C14H11NO4. The summed E-state index contributed by atoms with van der Waals surface area (Å²) >= 11 is 0. The number of aryl methyl sites for hydroxylation is 1. The van der Waals surface area contributed by atoms with E-state index in [2.05, 4.69) is 0 Å². The summed E-state index contributed by atoms with van der Waals surface area (Å²) in [5, 5.41) is 10.5. The van der Waals surface area contributed by atoms with Gasteiger partial charge in [-0.2, -0.15) is 0 Å². The SMILES string of the molecule is Cc1ccc(/C=C/C(=O)c2ccc([N+](=O)[O-])cc2)o1. The second kappa shape index (κ2) is 5.30. The van der Waals surface area contributed by atoms with Gasteiger partial charge in [-0.05, 0) is 43.3 Å². The first-order chi connectivity index (χ1) is 9.06. The Bertz CT molecular complexity index is 638. The van der Waals surface area contributed by atoms with Crippen molar-refractivity contribution in [3.05, 3.63) is 69.7 Å². The van der Waals surface area contributed by atoms with Gasteiger partial charge in [0, 0.05) is 17.7 Å². The van der Waals surface area contributed by atoms with Crippen LogP contribution in [0.1, 0.15) is 21.9 Å². The maximum Gasteiger partial charge on any atom is 0.269 e. The van der Waals surface area contributed by atoms with Crippen LogP contribution in [0.4, 0.5) is 5.69 Å². The van der Waals surface area contributed by atoms with Crippen LogP contribution in [-0.2, 0) is 0 Å². The highest BCUT2D eigenvalue weighted by molar-refractivity contribution is 6.06. The Kier molecular flexibility index (Phi) is 3.56. The molecule has 0 fully saturated rings. The lowest BCUT2D eigenvalue weighted by molar-refractivity contribution is -0.384. The van der Waals surface area contributed by atoms with Crippen LogP contribution in [0.3, 0.4) is 0 Å². The van der Waals surface area contributed by atoms with E-state index in [1.165, 1.54) is 30.3 Å². The molecule has 1 aromatic heterocycles. The number of hydrogen-bond acceptors (Lipinski definition) is 4. The molecule has 0 radical (unpaired) electrons. The molecule has 0 unspecified atom stereocenters. The number of nitro benzene ring substituents is 1. The van der Waals surface area contributed by atoms with Crippen LogP contribution in [0.15, 0.2) is 46.9 Å². The van der Waals surface area contributed by atoms with Crippen LogP contribution in [-0.4, -0.2) is 10.7 Å². The molecule has 0 aliphatic heterocycles. The molecule has 2 aromatic rings. The van der Waals surface area contributed by atoms with Gasteiger partial charge in [0.1, 0.15) is 11.5 Å². The molecule has 1 heterocycles. The van der Waals surface area contributed by atoms with Gasteiger partial charge in [0.25, 0.3) is 5.69 Å². The van der Waals surface area contributed by atoms with Gasteiger partial charge in [-0.1, -0.05) is 0 Å². The van der Waals surface area contributed by atoms with Crippen molar-refractivity contribution < 1.29 is 14.1 Å². The highest BCUT2D eigenvalue weighted by atomic mass is 16.6. The highest BCUT2D eigenvalue weighted by Crippen LogP contribution is 2.13. The summed E-state index contributed by atoms with van der Waals surface area (Å²) in [5.74, 6) is 1.12. The van der Waals surface area contributed by atoms with E-state index in [1.54, 1.807) is 18.2 Å². The van der Waals surface area contributed by atoms with E-state index >= 15 is 0 Å². The summed E-state index contributed by atoms with van der Waals surface area (Å²) in [7, 11) is 0. The molecule has 96 valence electrons. The number of allylic oxidation sites excluding steroid dienone is 1. The third-order valence-electron chi connectivity index (χ3n) is 2.52. The van der Waals surface area contributed by atoms with Crippen LogP contribution in [0.2, 0.25) is 0 Å². The maximum atomic E-state index is 11.8. The number of ketones is 1. The molecule has 19 heavy (non-hydrogen) atoms. The zero-order valence-corrected chi connectivity index (χ0v) is 10.2. The quantitative estimate of drug-likeness (QED) is 0.364. The fourth-order valence-electron chi connectivity index (χ4n) is 1.54. The molecule has 0 bridgehead atoms. The topological polar surface area (TPSA) is 73.3 Å². The number of benzene rings is 1. The molecule has 5 nitrogen and oxygen atoms in total. The Morgan fingerprint density at radius 1 is 1.21 bits per heavy atom. The Labute approximate surface area is 109 Å². The first-order valence-corrected chi connectivity index (χ1v) is 5.59. The van der Waals surface area contributed by atoms with Crippen LogP contribution in [0.5, 0.6) is 0 Å². The molecule has 1 aromatic carbocycles. The summed E-state index contributed by atoms with van der Waals surface area (Å²) < 4.78 is 5.29. The minimum absolute atomic E-state index is 0.0396. The first kappa shape index (κ1) is 12.8. The molecule has 0 atom stereocenters. The predicted molar refractivity (Wildman–Crippen MR) is 69.9 cm³/mol. The number of non-ortho nitro benzene ring substituents is 1. The number of hydrogen-bond donors (Lipinski definition) is 0. The zero-order chi connectivity index (χ0) is 13.8. The minimum Gasteiger partial charge on any atom is -0.462 e. The molecule has 2 rings (SSSR count). The molecule has 0 aliphatic carbocycles. The van der Waals surface area contributed by atoms with E-state index in [0.717, 1.165) is 5.76 Å². The Hall–Kier alpha value is -2.69. The average Bonchev–Trinajstić information content (AvgIpc) is 2.82. The van der Waals surface area contributed by atoms with Crippen molar-refractivity contribution in [3.63, 3.8) is 0 Å². The van der Waals surface area contributed by atoms with Crippen molar-refractivity contribution in [1.82, 2.24) is 0 Å². The smallest absolute Gasteiger partial charge is 0.269 e. The highest BCUT2D eigenvalue weighted by Gasteiger charge is 2.07. The monoisotopic (exact) mass is 257 g/mol. The largest absolute Gasteiger partial charge is 0.462 e. The van der Waals surface area contributed by atoms with Crippen molar-refractivity contribution in [2.75, 3.05) is 0 Å². The van der Waals surface area contributed by atoms with Gasteiger partial charge < -0.3 is 4.42 Å². The zero-order valence-electron chi connectivity index (χ0n) is 10.2. The van der Waals surface area contributed by atoms with Gasteiger partial charge in [-0.3, -0.25) is 14.9 Å². The molecule has 0 N–H and O–H groups in total. The number of rotatable bonds is 4. The Balaban J connectivity index is 2.11. The van der Waals surface area contributed by atoms with Crippen molar-refractivity contribution in [2.24, 2.45) is 0 Å². The molecule has 0 saturated heterocycles. The number of carbonyl (C=O) groups excluding carboxylic acids is 1. The summed E-state index contributed by atoms with van der Waals surface area (Å²) in [5.41, 5.74) is 0.354. The average molecular weight is 257 g/mol. The van der Waals surface area contributed by atoms with E-state index in [9.17, 15) is 14.9 Å². The number of nitro groups is 1. The van der Waals surface area contributed by atoms with Crippen molar-refractivity contribution in [1.29, 1.82) is 0 Å². The Morgan fingerprint density at radius 2 is 1.89 bits per heavy atom. The van der Waals surface area contributed by atoms with Crippen molar-refractivity contribution in [2.45, 2.75) is 6.92 Å². The van der Waals surface area contributed by atoms with Crippen LogP contribution >= 0.6 is 0 Å². The van der Waals surface area contributed by atoms with Gasteiger partial charge >= 0.3 is 0 Å². The number of carbonyl (C=O) groups is 1. The standard InChI is InChI=1S/C14H11NO4/c1-10-2-7-13(19-10)8-9-14(16)11-3-5-12(6-4-11)15(17)18/h2-9H,1H3/b9-8+. The molecule has 0 spiro atoms. The lowest BCUT2D eigenvalue weighted by atomic mass is 10.1. The van der Waals surface area contributed by atoms with E-state index in [4.69, 9.17) is 4.42 Å². The van der Waals surface area contributed by atoms with Gasteiger partial charge in [0.05, 0.1) is 4.92 Å². The van der Waals surface area contributed by atoms with E-state index in [1.807, 2.05) is 6.92 Å². The lowest BCUT2D eigenvalue weighted by Gasteiger charge is -1.95. The molecule has 0 aliphatic rings. The summed E-state index contributed by atoms with van der Waals surface area (Å²) in [6.45, 7) is 1.81. The summed E-state index contributed by atoms with van der Waals surface area (Å²) in [6, 6.07) is 9.03. The molecular weight excluding hydrogens is 246 g/mol. The lowest BCUT2D eigenvalue weighted by Crippen LogP contribution is -1.95. The first-order valence-electron chi connectivity index (χ1n) is 5.59. The summed E-state index contributed by atoms with van der Waals surface area (Å²) in [4.78, 5) is 21.8. The van der Waals surface area contributed by atoms with Crippen molar-refractivity contribution in [3.8, 4) is 0 Å². The van der Waals surface area contributed by atoms with E-state index in [-0.39, 0.29) is 11.5 Å². The fraction of sp³-hybridized carbons (Fsp3) is 0.0714. The normalized spacial score (nSPS) is 10.8. The molecule has 0 saturated carbocycles. The summed E-state index contributed by atoms with van der Waals surface area (Å²) in [6.07, 6.45) is 2.94. The number of furan rings is 1. The third-order valence-corrected chi connectivity index (χ3v) is 2.52.